The lowest BCUT2D eigenvalue weighted by molar-refractivity contribution is -0.128. The van der Waals surface area contributed by atoms with Gasteiger partial charge in [0.05, 0.1) is 0 Å². The molecular weight excluding hydrogens is 473 g/mol. The summed E-state index contributed by atoms with van der Waals surface area (Å²) >= 11 is 0. The molecule has 0 aliphatic heterocycles. The summed E-state index contributed by atoms with van der Waals surface area (Å²) in [4.78, 5) is 25.3. The van der Waals surface area contributed by atoms with Crippen molar-refractivity contribution in [1.29, 1.82) is 0 Å². The molecule has 0 spiro atoms. The molecule has 198 valence electrons. The van der Waals surface area contributed by atoms with E-state index in [0.29, 0.717) is 41.3 Å². The Morgan fingerprint density at radius 2 is 1.95 bits per heavy atom. The predicted octanol–water partition coefficient (Wildman–Crippen LogP) is 6.99. The number of rotatable bonds is 4. The van der Waals surface area contributed by atoms with Gasteiger partial charge in [-0.1, -0.05) is 62.4 Å². The standard InChI is InChI=1S/C34H38FNO2/c1-19-15-22(7-10-27(19)23-5-4-6-25(35)16-23)8-11-30-29-12-9-26(36-21(3)37)17-24(29)18-32-33(30)20(2)28-13-14-31(28)34(32)38/h4-8,10-11,13-14,16,19-20,24,26,29-30,32-33H,9,12,15,17-18H2,1-3H3,(H,36,37)/b11-8+/t19?,20-,24-,26+,29+,30+,32+,33-/m1/s1. The van der Waals surface area contributed by atoms with Gasteiger partial charge in [-0.15, -0.1) is 0 Å². The zero-order valence-corrected chi connectivity index (χ0v) is 22.6. The third kappa shape index (κ3) is 4.46. The van der Waals surface area contributed by atoms with Gasteiger partial charge in [0.1, 0.15) is 5.82 Å². The van der Waals surface area contributed by atoms with Crippen LogP contribution in [-0.4, -0.2) is 17.7 Å². The van der Waals surface area contributed by atoms with Gasteiger partial charge in [-0.05, 0) is 102 Å². The van der Waals surface area contributed by atoms with E-state index in [1.54, 1.807) is 19.1 Å². The molecule has 0 radical (unpaired) electrons. The van der Waals surface area contributed by atoms with Crippen LogP contribution >= 0.6 is 0 Å². The maximum Gasteiger partial charge on any atom is 0.217 e. The summed E-state index contributed by atoms with van der Waals surface area (Å²) < 4.78 is 13.8. The summed E-state index contributed by atoms with van der Waals surface area (Å²) in [5, 5.41) is 3.16. The molecule has 0 bridgehead atoms. The number of ketones is 1. The Bertz CT molecular complexity index is 1310. The second kappa shape index (κ2) is 9.94. The first-order valence-corrected chi connectivity index (χ1v) is 14.4. The quantitative estimate of drug-likeness (QED) is 0.474. The van der Waals surface area contributed by atoms with E-state index in [-0.39, 0.29) is 23.7 Å². The molecule has 3 nitrogen and oxygen atoms in total. The molecule has 2 saturated carbocycles. The highest BCUT2D eigenvalue weighted by Gasteiger charge is 2.53. The zero-order valence-electron chi connectivity index (χ0n) is 22.6. The van der Waals surface area contributed by atoms with Crippen LogP contribution in [0.25, 0.3) is 5.57 Å². The molecule has 5 aliphatic carbocycles. The van der Waals surface area contributed by atoms with Crippen LogP contribution in [0.1, 0.15) is 58.4 Å². The average molecular weight is 512 g/mol. The fourth-order valence-electron chi connectivity index (χ4n) is 8.35. The van der Waals surface area contributed by atoms with Gasteiger partial charge < -0.3 is 5.32 Å². The zero-order chi connectivity index (χ0) is 26.6. The van der Waals surface area contributed by atoms with Crippen LogP contribution in [0.15, 0.2) is 77.4 Å². The number of Topliss-reactive ketones (excluding diaryl/α,β-unsaturated/α-hetero) is 1. The third-order valence-electron chi connectivity index (χ3n) is 10.1. The molecule has 5 aliphatic rings. The lowest BCUT2D eigenvalue weighted by atomic mass is 9.50. The van der Waals surface area contributed by atoms with Crippen molar-refractivity contribution in [3.8, 4) is 0 Å². The van der Waals surface area contributed by atoms with E-state index in [0.717, 1.165) is 43.2 Å². The van der Waals surface area contributed by atoms with E-state index >= 15 is 0 Å². The number of nitrogens with one attached hydrogen (secondary N) is 1. The predicted molar refractivity (Wildman–Crippen MR) is 149 cm³/mol. The normalized spacial score (nSPS) is 36.1. The molecule has 1 aromatic rings. The minimum atomic E-state index is -0.198. The van der Waals surface area contributed by atoms with Crippen LogP contribution in [0.5, 0.6) is 0 Å². The molecule has 2 fully saturated rings. The molecule has 1 unspecified atom stereocenters. The highest BCUT2D eigenvalue weighted by Crippen LogP contribution is 2.57. The van der Waals surface area contributed by atoms with Crippen molar-refractivity contribution in [3.63, 3.8) is 0 Å². The number of benzene rings is 1. The smallest absolute Gasteiger partial charge is 0.217 e. The van der Waals surface area contributed by atoms with E-state index in [9.17, 15) is 14.0 Å². The SMILES string of the molecule is CC(=O)N[C@H]1CC[C@H]2[C@H](C1)C[C@@H]1C(=O)C3=C(C=C3)[C@@H](C)[C@@H]1[C@H]2/C=C/C1=CC=C(c2cccc(F)c2)C(C)C1. The number of fused-ring (bicyclic) bond motifs is 2. The molecule has 1 N–H and O–H groups in total. The maximum absolute atomic E-state index is 13.8. The van der Waals surface area contributed by atoms with Gasteiger partial charge in [0, 0.05) is 24.5 Å². The second-order valence-electron chi connectivity index (χ2n) is 12.3. The summed E-state index contributed by atoms with van der Waals surface area (Å²) in [6.07, 6.45) is 18.2. The topological polar surface area (TPSA) is 46.2 Å². The van der Waals surface area contributed by atoms with Gasteiger partial charge in [-0.2, -0.15) is 0 Å². The van der Waals surface area contributed by atoms with Crippen LogP contribution < -0.4 is 5.32 Å². The van der Waals surface area contributed by atoms with E-state index in [1.165, 1.54) is 22.8 Å². The van der Waals surface area contributed by atoms with Gasteiger partial charge in [0.25, 0.3) is 0 Å². The van der Waals surface area contributed by atoms with Crippen molar-refractivity contribution in [2.75, 3.05) is 0 Å². The van der Waals surface area contributed by atoms with Gasteiger partial charge in [-0.3, -0.25) is 9.59 Å². The van der Waals surface area contributed by atoms with Crippen molar-refractivity contribution in [3.05, 3.63) is 88.8 Å². The highest BCUT2D eigenvalue weighted by atomic mass is 19.1. The van der Waals surface area contributed by atoms with Gasteiger partial charge in [-0.25, -0.2) is 4.39 Å². The second-order valence-corrected chi connectivity index (χ2v) is 12.3. The molecule has 8 atom stereocenters. The summed E-state index contributed by atoms with van der Waals surface area (Å²) in [5.41, 5.74) is 5.65. The molecule has 6 rings (SSSR count). The lowest BCUT2D eigenvalue weighted by Crippen LogP contribution is -2.52. The summed E-state index contributed by atoms with van der Waals surface area (Å²) in [6, 6.07) is 7.09. The van der Waals surface area contributed by atoms with E-state index in [2.05, 4.69) is 49.5 Å². The van der Waals surface area contributed by atoms with Crippen LogP contribution in [0.4, 0.5) is 4.39 Å². The van der Waals surface area contributed by atoms with Crippen molar-refractivity contribution in [2.45, 2.75) is 58.9 Å². The third-order valence-corrected chi connectivity index (χ3v) is 10.1. The van der Waals surface area contributed by atoms with E-state index in [4.69, 9.17) is 0 Å². The van der Waals surface area contributed by atoms with Gasteiger partial charge in [0.2, 0.25) is 5.91 Å². The first-order valence-electron chi connectivity index (χ1n) is 14.4. The summed E-state index contributed by atoms with van der Waals surface area (Å²) in [6.45, 7) is 6.14. The molecule has 38 heavy (non-hydrogen) atoms. The largest absolute Gasteiger partial charge is 0.354 e. The van der Waals surface area contributed by atoms with Crippen LogP contribution in [0.2, 0.25) is 0 Å². The summed E-state index contributed by atoms with van der Waals surface area (Å²) in [5.74, 6) is 2.64. The number of hydrogen-bond donors (Lipinski definition) is 1. The number of halogens is 1. The van der Waals surface area contributed by atoms with Crippen LogP contribution in [0, 0.1) is 47.2 Å². The van der Waals surface area contributed by atoms with Gasteiger partial charge >= 0.3 is 0 Å². The highest BCUT2D eigenvalue weighted by molar-refractivity contribution is 6.04. The number of carbonyl (C=O) groups excluding carboxylic acids is 2. The van der Waals surface area contributed by atoms with Crippen molar-refractivity contribution >= 4 is 17.3 Å². The van der Waals surface area contributed by atoms with Crippen LogP contribution in [-0.2, 0) is 9.59 Å². The minimum absolute atomic E-state index is 0.0411. The number of allylic oxidation sites excluding steroid dienone is 10. The Hall–Kier alpha value is -3.01. The number of carbonyl (C=O) groups is 2. The minimum Gasteiger partial charge on any atom is -0.354 e. The molecule has 4 heteroatoms. The Kier molecular flexibility index (Phi) is 6.62. The van der Waals surface area contributed by atoms with Gasteiger partial charge in [0.15, 0.2) is 5.78 Å². The Morgan fingerprint density at radius 3 is 2.66 bits per heavy atom. The summed E-state index contributed by atoms with van der Waals surface area (Å²) in [7, 11) is 0. The first-order chi connectivity index (χ1) is 18.3. The Labute approximate surface area is 225 Å². The Morgan fingerprint density at radius 1 is 1.11 bits per heavy atom. The maximum atomic E-state index is 13.8. The monoisotopic (exact) mass is 511 g/mol. The molecule has 0 aromatic heterocycles. The molecule has 0 heterocycles. The molecule has 1 amide bonds. The Balaban J connectivity index is 1.29. The van der Waals surface area contributed by atoms with E-state index < -0.39 is 0 Å². The fraction of sp³-hybridized carbons (Fsp3) is 0.471. The van der Waals surface area contributed by atoms with Crippen molar-refractivity contribution in [1.82, 2.24) is 5.32 Å². The number of amides is 1. The lowest BCUT2D eigenvalue weighted by Gasteiger charge is -2.54. The molecular formula is C34H38FNO2. The van der Waals surface area contributed by atoms with Crippen molar-refractivity contribution < 1.29 is 14.0 Å². The molecule has 0 saturated heterocycles. The first kappa shape index (κ1) is 25.3. The van der Waals surface area contributed by atoms with Crippen molar-refractivity contribution in [2.24, 2.45) is 41.4 Å². The molecule has 1 aromatic carbocycles. The average Bonchev–Trinajstić information content (AvgIpc) is 2.84. The van der Waals surface area contributed by atoms with Crippen LogP contribution in [0.3, 0.4) is 0 Å². The fourth-order valence-corrected chi connectivity index (χ4v) is 8.35. The van der Waals surface area contributed by atoms with E-state index in [1.807, 2.05) is 12.1 Å². The number of hydrogen-bond acceptors (Lipinski definition) is 2.